The monoisotopic (exact) mass is 206 g/mol. The van der Waals surface area contributed by atoms with Crippen molar-refractivity contribution < 1.29 is 13.6 Å². The predicted molar refractivity (Wildman–Crippen MR) is 53.1 cm³/mol. The minimum Gasteiger partial charge on any atom is -0.295 e. The molecule has 76 valence electrons. The SMILES string of the molecule is O=C1C=CC(c2ccc(F)cc2F)=CC1. The Morgan fingerprint density at radius 1 is 1.13 bits per heavy atom. The number of benzene rings is 1. The molecular formula is C12H8F2O. The van der Waals surface area contributed by atoms with Crippen LogP contribution >= 0.6 is 0 Å². The average Bonchev–Trinajstić information content (AvgIpc) is 2.20. The normalized spacial score (nSPS) is 15.3. The minimum absolute atomic E-state index is 0.0127. The molecule has 1 aromatic carbocycles. The fourth-order valence-electron chi connectivity index (χ4n) is 1.45. The minimum atomic E-state index is -0.611. The molecule has 0 spiro atoms. The van der Waals surface area contributed by atoms with E-state index in [9.17, 15) is 13.6 Å². The van der Waals surface area contributed by atoms with Gasteiger partial charge in [0.1, 0.15) is 11.6 Å². The Kier molecular flexibility index (Phi) is 2.46. The van der Waals surface area contributed by atoms with Crippen molar-refractivity contribution in [3.05, 3.63) is 53.6 Å². The van der Waals surface area contributed by atoms with Gasteiger partial charge >= 0.3 is 0 Å². The Morgan fingerprint density at radius 2 is 1.93 bits per heavy atom. The van der Waals surface area contributed by atoms with Crippen molar-refractivity contribution in [2.24, 2.45) is 0 Å². The van der Waals surface area contributed by atoms with E-state index in [1.807, 2.05) is 0 Å². The van der Waals surface area contributed by atoms with Gasteiger partial charge in [-0.3, -0.25) is 4.79 Å². The zero-order valence-electron chi connectivity index (χ0n) is 7.84. The van der Waals surface area contributed by atoms with Gasteiger partial charge in [-0.25, -0.2) is 8.78 Å². The number of carbonyl (C=O) groups excluding carboxylic acids is 1. The molecular weight excluding hydrogens is 198 g/mol. The van der Waals surface area contributed by atoms with Crippen LogP contribution in [0.15, 0.2) is 36.4 Å². The molecule has 0 amide bonds. The smallest absolute Gasteiger partial charge is 0.159 e. The van der Waals surface area contributed by atoms with E-state index in [4.69, 9.17) is 0 Å². The second-order valence-corrected chi connectivity index (χ2v) is 3.29. The number of ketones is 1. The van der Waals surface area contributed by atoms with E-state index in [-0.39, 0.29) is 12.2 Å². The van der Waals surface area contributed by atoms with Crippen LogP contribution in [-0.2, 0) is 4.79 Å². The molecule has 0 heterocycles. The van der Waals surface area contributed by atoms with Crippen molar-refractivity contribution in [2.75, 3.05) is 0 Å². The van der Waals surface area contributed by atoms with Crippen LogP contribution in [0, 0.1) is 11.6 Å². The Bertz CT molecular complexity index is 473. The van der Waals surface area contributed by atoms with Crippen molar-refractivity contribution >= 4 is 11.4 Å². The lowest BCUT2D eigenvalue weighted by Gasteiger charge is -2.07. The van der Waals surface area contributed by atoms with Gasteiger partial charge in [-0.1, -0.05) is 12.2 Å². The summed E-state index contributed by atoms with van der Waals surface area (Å²) in [6.07, 6.45) is 4.85. The third-order valence-corrected chi connectivity index (χ3v) is 2.21. The first kappa shape index (κ1) is 9.77. The maximum absolute atomic E-state index is 13.3. The summed E-state index contributed by atoms with van der Waals surface area (Å²) in [5.74, 6) is -1.23. The maximum Gasteiger partial charge on any atom is 0.159 e. The highest BCUT2D eigenvalue weighted by atomic mass is 19.1. The predicted octanol–water partition coefficient (Wildman–Crippen LogP) is 2.88. The molecule has 0 atom stereocenters. The molecule has 3 heteroatoms. The lowest BCUT2D eigenvalue weighted by atomic mass is 9.99. The largest absolute Gasteiger partial charge is 0.295 e. The number of hydrogen-bond donors (Lipinski definition) is 0. The summed E-state index contributed by atoms with van der Waals surface area (Å²) in [7, 11) is 0. The van der Waals surface area contributed by atoms with Gasteiger partial charge in [0.25, 0.3) is 0 Å². The number of halogens is 2. The summed E-state index contributed by atoms with van der Waals surface area (Å²) in [4.78, 5) is 10.9. The third-order valence-electron chi connectivity index (χ3n) is 2.21. The lowest BCUT2D eigenvalue weighted by Crippen LogP contribution is -1.98. The van der Waals surface area contributed by atoms with E-state index >= 15 is 0 Å². The van der Waals surface area contributed by atoms with Crippen LogP contribution in [-0.4, -0.2) is 5.78 Å². The molecule has 0 aliphatic heterocycles. The standard InChI is InChI=1S/C12H8F2O/c13-9-3-6-11(12(14)7-9)8-1-4-10(15)5-2-8/h1-4,6-7H,5H2. The highest BCUT2D eigenvalue weighted by Gasteiger charge is 2.10. The first-order chi connectivity index (χ1) is 7.16. The van der Waals surface area contributed by atoms with Gasteiger partial charge < -0.3 is 0 Å². The van der Waals surface area contributed by atoms with Crippen molar-refractivity contribution in [2.45, 2.75) is 6.42 Å². The molecule has 0 fully saturated rings. The topological polar surface area (TPSA) is 17.1 Å². The Hall–Kier alpha value is -1.77. The molecule has 0 unspecified atom stereocenters. The van der Waals surface area contributed by atoms with Crippen molar-refractivity contribution in [3.8, 4) is 0 Å². The number of rotatable bonds is 1. The van der Waals surface area contributed by atoms with E-state index in [1.54, 1.807) is 12.2 Å². The molecule has 0 aromatic heterocycles. The molecule has 1 aliphatic carbocycles. The van der Waals surface area contributed by atoms with Gasteiger partial charge in [0, 0.05) is 18.1 Å². The highest BCUT2D eigenvalue weighted by Crippen LogP contribution is 2.23. The van der Waals surface area contributed by atoms with Crippen LogP contribution in [0.5, 0.6) is 0 Å². The summed E-state index contributed by atoms with van der Waals surface area (Å²) in [6.45, 7) is 0. The van der Waals surface area contributed by atoms with E-state index in [2.05, 4.69) is 0 Å². The van der Waals surface area contributed by atoms with E-state index in [0.717, 1.165) is 6.07 Å². The zero-order valence-corrected chi connectivity index (χ0v) is 7.84. The van der Waals surface area contributed by atoms with Gasteiger partial charge in [0.2, 0.25) is 0 Å². The zero-order chi connectivity index (χ0) is 10.8. The van der Waals surface area contributed by atoms with Gasteiger partial charge in [-0.15, -0.1) is 0 Å². The first-order valence-electron chi connectivity index (χ1n) is 4.53. The average molecular weight is 206 g/mol. The lowest BCUT2D eigenvalue weighted by molar-refractivity contribution is -0.113. The summed E-state index contributed by atoms with van der Waals surface area (Å²) in [5, 5.41) is 0. The fourth-order valence-corrected chi connectivity index (χ4v) is 1.45. The van der Waals surface area contributed by atoms with Gasteiger partial charge in [0.15, 0.2) is 5.78 Å². The van der Waals surface area contributed by atoms with Crippen LogP contribution in [0.1, 0.15) is 12.0 Å². The Morgan fingerprint density at radius 3 is 2.53 bits per heavy atom. The summed E-state index contributed by atoms with van der Waals surface area (Å²) in [5.41, 5.74) is 0.937. The van der Waals surface area contributed by atoms with E-state index in [1.165, 1.54) is 18.2 Å². The molecule has 1 aliphatic rings. The fraction of sp³-hybridized carbons (Fsp3) is 0.0833. The molecule has 0 radical (unpaired) electrons. The Labute approximate surface area is 85.7 Å². The first-order valence-corrected chi connectivity index (χ1v) is 4.53. The van der Waals surface area contributed by atoms with Crippen LogP contribution in [0.2, 0.25) is 0 Å². The molecule has 1 nitrogen and oxygen atoms in total. The second kappa shape index (κ2) is 3.77. The summed E-state index contributed by atoms with van der Waals surface area (Å²) < 4.78 is 26.0. The van der Waals surface area contributed by atoms with E-state index in [0.29, 0.717) is 11.1 Å². The number of carbonyl (C=O) groups is 1. The van der Waals surface area contributed by atoms with Crippen LogP contribution in [0.3, 0.4) is 0 Å². The number of allylic oxidation sites excluding steroid dienone is 4. The summed E-state index contributed by atoms with van der Waals surface area (Å²) >= 11 is 0. The van der Waals surface area contributed by atoms with Crippen molar-refractivity contribution in [3.63, 3.8) is 0 Å². The third kappa shape index (κ3) is 2.01. The van der Waals surface area contributed by atoms with E-state index < -0.39 is 11.6 Å². The van der Waals surface area contributed by atoms with Crippen LogP contribution < -0.4 is 0 Å². The van der Waals surface area contributed by atoms with Crippen LogP contribution in [0.4, 0.5) is 8.78 Å². The molecule has 0 bridgehead atoms. The van der Waals surface area contributed by atoms with Crippen LogP contribution in [0.25, 0.3) is 5.57 Å². The van der Waals surface area contributed by atoms with Crippen molar-refractivity contribution in [1.82, 2.24) is 0 Å². The molecule has 0 saturated heterocycles. The molecule has 15 heavy (non-hydrogen) atoms. The number of hydrogen-bond acceptors (Lipinski definition) is 1. The molecule has 1 aromatic rings. The molecule has 2 rings (SSSR count). The quantitative estimate of drug-likeness (QED) is 0.690. The van der Waals surface area contributed by atoms with Gasteiger partial charge in [0.05, 0.1) is 0 Å². The Balaban J connectivity index is 2.39. The van der Waals surface area contributed by atoms with Gasteiger partial charge in [-0.2, -0.15) is 0 Å². The van der Waals surface area contributed by atoms with Gasteiger partial charge in [-0.05, 0) is 23.8 Å². The summed E-state index contributed by atoms with van der Waals surface area (Å²) in [6, 6.07) is 3.40. The molecule has 0 N–H and O–H groups in total. The molecule has 0 saturated carbocycles. The maximum atomic E-state index is 13.3. The second-order valence-electron chi connectivity index (χ2n) is 3.29. The van der Waals surface area contributed by atoms with Crippen molar-refractivity contribution in [1.29, 1.82) is 0 Å². The highest BCUT2D eigenvalue weighted by molar-refractivity contribution is 5.97.